The Morgan fingerprint density at radius 2 is 2.36 bits per heavy atom. The van der Waals surface area contributed by atoms with Crippen molar-refractivity contribution >= 4 is 5.52 Å². The van der Waals surface area contributed by atoms with Crippen LogP contribution >= 0.6 is 0 Å². The van der Waals surface area contributed by atoms with E-state index in [1.807, 2.05) is 31.3 Å². The van der Waals surface area contributed by atoms with Crippen LogP contribution in [0.25, 0.3) is 5.52 Å². The van der Waals surface area contributed by atoms with E-state index in [1.165, 1.54) is 0 Å². The highest BCUT2D eigenvalue weighted by Crippen LogP contribution is 2.13. The minimum absolute atomic E-state index is 0.524. The van der Waals surface area contributed by atoms with Crippen LogP contribution in [0.2, 0.25) is 0 Å². The third-order valence-electron chi connectivity index (χ3n) is 2.19. The van der Waals surface area contributed by atoms with Crippen LogP contribution in [0.4, 0.5) is 0 Å². The highest BCUT2D eigenvalue weighted by molar-refractivity contribution is 5.46. The summed E-state index contributed by atoms with van der Waals surface area (Å²) in [6, 6.07) is 7.67. The van der Waals surface area contributed by atoms with Crippen LogP contribution in [0.15, 0.2) is 30.5 Å². The van der Waals surface area contributed by atoms with E-state index in [1.54, 1.807) is 10.7 Å². The molecule has 14 heavy (non-hydrogen) atoms. The van der Waals surface area contributed by atoms with Gasteiger partial charge in [-0.2, -0.15) is 5.10 Å². The standard InChI is InChI=1S/C10H13N3O/c1-11-7-10(14)9-4-2-3-8-5-6-12-13(8)9/h2-6,10-11,14H,7H2,1H3. The maximum Gasteiger partial charge on any atom is 0.108 e. The summed E-state index contributed by atoms with van der Waals surface area (Å²) < 4.78 is 1.75. The molecule has 2 N–H and O–H groups in total. The Morgan fingerprint density at radius 3 is 3.14 bits per heavy atom. The topological polar surface area (TPSA) is 49.6 Å². The third-order valence-corrected chi connectivity index (χ3v) is 2.19. The van der Waals surface area contributed by atoms with Crippen molar-refractivity contribution in [3.05, 3.63) is 36.2 Å². The highest BCUT2D eigenvalue weighted by atomic mass is 16.3. The molecular weight excluding hydrogens is 178 g/mol. The van der Waals surface area contributed by atoms with Gasteiger partial charge in [-0.25, -0.2) is 4.52 Å². The van der Waals surface area contributed by atoms with Crippen LogP contribution in [0.3, 0.4) is 0 Å². The van der Waals surface area contributed by atoms with Gasteiger partial charge < -0.3 is 10.4 Å². The summed E-state index contributed by atoms with van der Waals surface area (Å²) >= 11 is 0. The number of rotatable bonds is 3. The lowest BCUT2D eigenvalue weighted by atomic mass is 10.2. The molecule has 2 heterocycles. The first-order valence-corrected chi connectivity index (χ1v) is 4.58. The molecule has 0 spiro atoms. The number of likely N-dealkylation sites (N-methyl/N-ethyl adjacent to an activating group) is 1. The quantitative estimate of drug-likeness (QED) is 0.746. The van der Waals surface area contributed by atoms with Crippen molar-refractivity contribution in [3.8, 4) is 0 Å². The molecule has 0 aromatic carbocycles. The van der Waals surface area contributed by atoms with Crippen molar-refractivity contribution in [1.29, 1.82) is 0 Å². The van der Waals surface area contributed by atoms with Crippen molar-refractivity contribution in [2.24, 2.45) is 0 Å². The van der Waals surface area contributed by atoms with Gasteiger partial charge in [0, 0.05) is 12.7 Å². The molecule has 4 heteroatoms. The first-order chi connectivity index (χ1) is 6.83. The highest BCUT2D eigenvalue weighted by Gasteiger charge is 2.09. The first kappa shape index (κ1) is 9.18. The van der Waals surface area contributed by atoms with Crippen molar-refractivity contribution < 1.29 is 5.11 Å². The summed E-state index contributed by atoms with van der Waals surface area (Å²) in [6.45, 7) is 0.527. The summed E-state index contributed by atoms with van der Waals surface area (Å²) in [4.78, 5) is 0. The Labute approximate surface area is 82.2 Å². The van der Waals surface area contributed by atoms with Gasteiger partial charge in [-0.15, -0.1) is 0 Å². The molecular formula is C10H13N3O. The maximum absolute atomic E-state index is 9.81. The number of nitrogens with one attached hydrogen (secondary N) is 1. The molecule has 0 aliphatic rings. The molecule has 2 rings (SSSR count). The molecule has 1 unspecified atom stereocenters. The van der Waals surface area contributed by atoms with E-state index in [0.29, 0.717) is 6.54 Å². The normalized spacial score (nSPS) is 13.3. The van der Waals surface area contributed by atoms with Gasteiger partial charge in [0.25, 0.3) is 0 Å². The molecule has 0 radical (unpaired) electrons. The van der Waals surface area contributed by atoms with Crippen LogP contribution in [-0.2, 0) is 0 Å². The second kappa shape index (κ2) is 3.77. The first-order valence-electron chi connectivity index (χ1n) is 4.58. The van der Waals surface area contributed by atoms with Gasteiger partial charge >= 0.3 is 0 Å². The van der Waals surface area contributed by atoms with Crippen LogP contribution in [0.5, 0.6) is 0 Å². The maximum atomic E-state index is 9.81. The van der Waals surface area contributed by atoms with E-state index in [-0.39, 0.29) is 0 Å². The van der Waals surface area contributed by atoms with Crippen LogP contribution < -0.4 is 5.32 Å². The average Bonchev–Trinajstić information content (AvgIpc) is 2.65. The van der Waals surface area contributed by atoms with Crippen LogP contribution in [0, 0.1) is 0 Å². The van der Waals surface area contributed by atoms with Gasteiger partial charge in [0.1, 0.15) is 6.10 Å². The Balaban J connectivity index is 2.45. The fourth-order valence-corrected chi connectivity index (χ4v) is 1.52. The molecule has 2 aromatic rings. The van der Waals surface area contributed by atoms with Crippen LogP contribution in [-0.4, -0.2) is 28.3 Å². The molecule has 0 amide bonds. The zero-order chi connectivity index (χ0) is 9.97. The Hall–Kier alpha value is -1.39. The fourth-order valence-electron chi connectivity index (χ4n) is 1.52. The van der Waals surface area contributed by atoms with E-state index in [9.17, 15) is 5.11 Å². The number of aliphatic hydroxyl groups is 1. The zero-order valence-corrected chi connectivity index (χ0v) is 8.01. The summed E-state index contributed by atoms with van der Waals surface area (Å²) in [5, 5.41) is 16.9. The molecule has 0 bridgehead atoms. The van der Waals surface area contributed by atoms with Gasteiger partial charge in [0.2, 0.25) is 0 Å². The zero-order valence-electron chi connectivity index (χ0n) is 8.01. The molecule has 74 valence electrons. The minimum atomic E-state index is -0.524. The Bertz CT molecular complexity index is 424. The number of fused-ring (bicyclic) bond motifs is 1. The predicted octanol–water partition coefficient (Wildman–Crippen LogP) is 0.587. The summed E-state index contributed by atoms with van der Waals surface area (Å²) in [7, 11) is 1.81. The van der Waals surface area contributed by atoms with Crippen molar-refractivity contribution in [1.82, 2.24) is 14.9 Å². The second-order valence-corrected chi connectivity index (χ2v) is 3.19. The molecule has 1 atom stereocenters. The second-order valence-electron chi connectivity index (χ2n) is 3.19. The lowest BCUT2D eigenvalue weighted by Crippen LogP contribution is -2.19. The van der Waals surface area contributed by atoms with Gasteiger partial charge in [-0.1, -0.05) is 6.07 Å². The van der Waals surface area contributed by atoms with E-state index < -0.39 is 6.10 Å². The molecule has 0 aliphatic heterocycles. The third kappa shape index (κ3) is 1.49. The number of aromatic nitrogens is 2. The molecule has 0 saturated carbocycles. The van der Waals surface area contributed by atoms with Gasteiger partial charge in [0.05, 0.1) is 11.2 Å². The van der Waals surface area contributed by atoms with Crippen molar-refractivity contribution in [2.75, 3.05) is 13.6 Å². The van der Waals surface area contributed by atoms with E-state index >= 15 is 0 Å². The minimum Gasteiger partial charge on any atom is -0.385 e. The smallest absolute Gasteiger partial charge is 0.108 e. The number of aliphatic hydroxyl groups excluding tert-OH is 1. The molecule has 0 saturated heterocycles. The summed E-state index contributed by atoms with van der Waals surface area (Å²) in [5.41, 5.74) is 1.81. The number of pyridine rings is 1. The van der Waals surface area contributed by atoms with Crippen LogP contribution in [0.1, 0.15) is 11.8 Å². The lowest BCUT2D eigenvalue weighted by Gasteiger charge is -2.11. The van der Waals surface area contributed by atoms with Crippen molar-refractivity contribution in [2.45, 2.75) is 6.10 Å². The van der Waals surface area contributed by atoms with E-state index in [0.717, 1.165) is 11.2 Å². The largest absolute Gasteiger partial charge is 0.385 e. The Morgan fingerprint density at radius 1 is 1.50 bits per heavy atom. The SMILES string of the molecule is CNCC(O)c1cccc2ccnn12. The molecule has 0 fully saturated rings. The average molecular weight is 191 g/mol. The van der Waals surface area contributed by atoms with Gasteiger partial charge in [-0.3, -0.25) is 0 Å². The van der Waals surface area contributed by atoms with Gasteiger partial charge in [0.15, 0.2) is 0 Å². The summed E-state index contributed by atoms with van der Waals surface area (Å²) in [6.07, 6.45) is 1.20. The monoisotopic (exact) mass is 191 g/mol. The number of nitrogens with zero attached hydrogens (tertiary/aromatic N) is 2. The van der Waals surface area contributed by atoms with E-state index in [4.69, 9.17) is 0 Å². The molecule has 2 aromatic heterocycles. The predicted molar refractivity (Wildman–Crippen MR) is 54.1 cm³/mol. The fraction of sp³-hybridized carbons (Fsp3) is 0.300. The summed E-state index contributed by atoms with van der Waals surface area (Å²) in [5.74, 6) is 0. The lowest BCUT2D eigenvalue weighted by molar-refractivity contribution is 0.170. The van der Waals surface area contributed by atoms with Gasteiger partial charge in [-0.05, 0) is 25.2 Å². The number of hydrogen-bond acceptors (Lipinski definition) is 3. The van der Waals surface area contributed by atoms with Crippen molar-refractivity contribution in [3.63, 3.8) is 0 Å². The van der Waals surface area contributed by atoms with E-state index in [2.05, 4.69) is 10.4 Å². The molecule has 4 nitrogen and oxygen atoms in total. The number of hydrogen-bond donors (Lipinski definition) is 2. The Kier molecular flexibility index (Phi) is 2.47. The molecule has 0 aliphatic carbocycles.